The van der Waals surface area contributed by atoms with Crippen molar-refractivity contribution < 1.29 is 8.39 Å². The van der Waals surface area contributed by atoms with E-state index >= 15 is 8.39 Å². The average Bonchev–Trinajstić information content (AvgIpc) is 2.92. The van der Waals surface area contributed by atoms with Crippen LogP contribution in [0.25, 0.3) is 0 Å². The van der Waals surface area contributed by atoms with E-state index in [1.807, 2.05) is 91.0 Å². The number of benzene rings is 5. The Kier molecular flexibility index (Phi) is 5.63. The molecule has 0 N–H and O–H groups in total. The van der Waals surface area contributed by atoms with Crippen molar-refractivity contribution >= 4 is 17.8 Å². The van der Waals surface area contributed by atoms with Crippen LogP contribution in [0.4, 0.5) is 8.39 Å². The first kappa shape index (κ1) is 22.2. The van der Waals surface area contributed by atoms with Crippen molar-refractivity contribution in [1.82, 2.24) is 0 Å². The van der Waals surface area contributed by atoms with E-state index in [0.29, 0.717) is 16.7 Å². The van der Waals surface area contributed by atoms with Crippen LogP contribution in [0.15, 0.2) is 152 Å². The molecule has 0 spiro atoms. The zero-order valence-corrected chi connectivity index (χ0v) is 19.5. The van der Waals surface area contributed by atoms with Crippen molar-refractivity contribution in [1.29, 1.82) is 0 Å². The summed E-state index contributed by atoms with van der Waals surface area (Å²) in [6.07, 6.45) is 0. The van der Waals surface area contributed by atoms with Crippen molar-refractivity contribution in [2.75, 3.05) is 0 Å². The van der Waals surface area contributed by atoms with Gasteiger partial charge in [0.05, 0.1) is 0 Å². The summed E-state index contributed by atoms with van der Waals surface area (Å²) in [7, 11) is -6.03. The Balaban J connectivity index is 2.07. The quantitative estimate of drug-likeness (QED) is 0.176. The van der Waals surface area contributed by atoms with Gasteiger partial charge in [-0.3, -0.25) is 0 Å². The Morgan fingerprint density at radius 1 is 0.353 bits per heavy atom. The molecule has 0 saturated carbocycles. The predicted octanol–water partition coefficient (Wildman–Crippen LogP) is 7.95. The van der Waals surface area contributed by atoms with Crippen LogP contribution < -0.4 is 10.6 Å². The third kappa shape index (κ3) is 3.14. The third-order valence-electron chi connectivity index (χ3n) is 6.58. The second-order valence-electron chi connectivity index (χ2n) is 8.39. The summed E-state index contributed by atoms with van der Waals surface area (Å²) >= 11 is 0. The molecule has 3 heteroatoms. The number of rotatable bonds is 6. The molecule has 0 bridgehead atoms. The van der Waals surface area contributed by atoms with E-state index in [9.17, 15) is 0 Å². The summed E-state index contributed by atoms with van der Waals surface area (Å²) in [6.45, 7) is 0. The minimum absolute atomic E-state index is 0.0660. The molecule has 5 rings (SSSR count). The van der Waals surface area contributed by atoms with Crippen molar-refractivity contribution in [2.45, 2.75) is 5.16 Å². The van der Waals surface area contributed by atoms with Gasteiger partial charge in [-0.25, -0.2) is 0 Å². The van der Waals surface area contributed by atoms with Crippen molar-refractivity contribution in [3.05, 3.63) is 168 Å². The Morgan fingerprint density at radius 3 is 0.853 bits per heavy atom. The van der Waals surface area contributed by atoms with Crippen LogP contribution in [-0.2, 0) is 5.16 Å². The molecule has 168 valence electrons. The number of halogens is 2. The van der Waals surface area contributed by atoms with Gasteiger partial charge in [0.2, 0.25) is 0 Å². The van der Waals surface area contributed by atoms with E-state index in [1.54, 1.807) is 60.7 Å². The van der Waals surface area contributed by atoms with Crippen LogP contribution in [0.3, 0.4) is 0 Å². The zero-order chi connectivity index (χ0) is 23.5. The summed E-state index contributed by atoms with van der Waals surface area (Å²) in [6, 6.07) is 44.6. The topological polar surface area (TPSA) is 0 Å². The number of hydrogen-bond acceptors (Lipinski definition) is 0. The fourth-order valence-electron chi connectivity index (χ4n) is 5.13. The van der Waals surface area contributed by atoms with E-state index in [4.69, 9.17) is 0 Å². The molecule has 0 atom stereocenters. The molecule has 5 aromatic carbocycles. The Bertz CT molecular complexity index is 1210. The van der Waals surface area contributed by atoms with Gasteiger partial charge < -0.3 is 0 Å². The first-order chi connectivity index (χ1) is 16.6. The van der Waals surface area contributed by atoms with Crippen molar-refractivity contribution in [3.8, 4) is 0 Å². The van der Waals surface area contributed by atoms with Crippen molar-refractivity contribution in [2.24, 2.45) is 0 Å². The monoisotopic (exact) mass is 466 g/mol. The van der Waals surface area contributed by atoms with Crippen LogP contribution in [0.5, 0.6) is 0 Å². The molecule has 0 heterocycles. The van der Waals surface area contributed by atoms with Gasteiger partial charge in [0.15, 0.2) is 0 Å². The SMILES string of the molecule is FP(F)(c1ccccc1)(c1ccccc1)C(c1ccccc1)(c1ccccc1)c1ccccc1. The fraction of sp³-hybridized carbons (Fsp3) is 0.0323. The zero-order valence-electron chi connectivity index (χ0n) is 18.6. The van der Waals surface area contributed by atoms with Gasteiger partial charge in [0.1, 0.15) is 0 Å². The van der Waals surface area contributed by atoms with Gasteiger partial charge in [-0.05, 0) is 0 Å². The molecular weight excluding hydrogens is 441 g/mol. The summed E-state index contributed by atoms with van der Waals surface area (Å²) in [4.78, 5) is 0. The fourth-order valence-corrected chi connectivity index (χ4v) is 9.41. The van der Waals surface area contributed by atoms with Crippen LogP contribution in [0.1, 0.15) is 16.7 Å². The molecule has 0 fully saturated rings. The van der Waals surface area contributed by atoms with Gasteiger partial charge in [0, 0.05) is 0 Å². The van der Waals surface area contributed by atoms with Crippen LogP contribution >= 0.6 is 7.22 Å². The molecule has 34 heavy (non-hydrogen) atoms. The maximum absolute atomic E-state index is 18.8. The van der Waals surface area contributed by atoms with Gasteiger partial charge >= 0.3 is 200 Å². The minimum atomic E-state index is -6.03. The van der Waals surface area contributed by atoms with Crippen molar-refractivity contribution in [3.63, 3.8) is 0 Å². The standard InChI is InChI=1S/C31H25F2P/c32-34(33,29-22-12-4-13-23-29,30-24-14-5-15-25-30)31(26-16-6-1-7-17-26,27-18-8-2-9-19-27)28-20-10-3-11-21-28/h1-25H. The van der Waals surface area contributed by atoms with Gasteiger partial charge in [-0.1, -0.05) is 0 Å². The normalized spacial score (nSPS) is 13.1. The molecule has 0 aromatic heterocycles. The van der Waals surface area contributed by atoms with E-state index in [2.05, 4.69) is 0 Å². The second kappa shape index (κ2) is 8.63. The Labute approximate surface area is 199 Å². The molecule has 0 amide bonds. The molecule has 0 radical (unpaired) electrons. The molecule has 0 aliphatic carbocycles. The summed E-state index contributed by atoms with van der Waals surface area (Å²) in [5.74, 6) is 0. The third-order valence-corrected chi connectivity index (χ3v) is 10.9. The van der Waals surface area contributed by atoms with E-state index in [0.717, 1.165) is 0 Å². The average molecular weight is 467 g/mol. The van der Waals surface area contributed by atoms with Gasteiger partial charge in [0.25, 0.3) is 0 Å². The summed E-state index contributed by atoms with van der Waals surface area (Å²) < 4.78 is 37.6. The van der Waals surface area contributed by atoms with Crippen LogP contribution in [0.2, 0.25) is 0 Å². The molecule has 0 aliphatic heterocycles. The van der Waals surface area contributed by atoms with E-state index in [-0.39, 0.29) is 10.6 Å². The molecule has 5 aromatic rings. The van der Waals surface area contributed by atoms with Crippen LogP contribution in [-0.4, -0.2) is 0 Å². The summed E-state index contributed by atoms with van der Waals surface area (Å²) in [5, 5.41) is -1.59. The molecular formula is C31H25F2P. The first-order valence-corrected chi connectivity index (χ1v) is 13.3. The first-order valence-electron chi connectivity index (χ1n) is 11.3. The number of hydrogen-bond donors (Lipinski definition) is 0. The molecule has 0 unspecified atom stereocenters. The van der Waals surface area contributed by atoms with E-state index < -0.39 is 12.4 Å². The molecule has 0 nitrogen and oxygen atoms in total. The van der Waals surface area contributed by atoms with Crippen LogP contribution in [0, 0.1) is 0 Å². The molecule has 0 aliphatic rings. The summed E-state index contributed by atoms with van der Waals surface area (Å²) in [5.41, 5.74) is 1.72. The predicted molar refractivity (Wildman–Crippen MR) is 140 cm³/mol. The Hall–Kier alpha value is -3.61. The van der Waals surface area contributed by atoms with Gasteiger partial charge in [-0.15, -0.1) is 0 Å². The van der Waals surface area contributed by atoms with E-state index in [1.165, 1.54) is 0 Å². The van der Waals surface area contributed by atoms with Gasteiger partial charge in [-0.2, -0.15) is 0 Å². The Morgan fingerprint density at radius 2 is 0.588 bits per heavy atom. The second-order valence-corrected chi connectivity index (χ2v) is 11.9. The maximum atomic E-state index is 18.8. The molecule has 0 saturated heterocycles.